The molecule has 3 rings (SSSR count). The topological polar surface area (TPSA) is 71.1 Å². The number of methoxy groups -OCH3 is 3. The summed E-state index contributed by atoms with van der Waals surface area (Å²) in [7, 11) is 4.32. The highest BCUT2D eigenvalue weighted by molar-refractivity contribution is 7.98. The molecule has 0 saturated carbocycles. The van der Waals surface area contributed by atoms with Gasteiger partial charge in [-0.2, -0.15) is 13.2 Å². The lowest BCUT2D eigenvalue weighted by Crippen LogP contribution is -2.27. The van der Waals surface area contributed by atoms with Gasteiger partial charge in [-0.15, -0.1) is 11.8 Å². The van der Waals surface area contributed by atoms with Crippen molar-refractivity contribution in [3.8, 4) is 28.4 Å². The number of carbonyl (C=O) groups excluding carboxylic acids is 1. The molecule has 1 aliphatic carbocycles. The second-order valence-corrected chi connectivity index (χ2v) is 7.74. The molecule has 0 saturated heterocycles. The molecular weight excluding hydrogens is 449 g/mol. The van der Waals surface area contributed by atoms with E-state index in [4.69, 9.17) is 18.9 Å². The molecule has 2 aromatic rings. The van der Waals surface area contributed by atoms with Crippen LogP contribution < -0.4 is 19.6 Å². The van der Waals surface area contributed by atoms with Gasteiger partial charge in [0.05, 0.1) is 26.2 Å². The maximum atomic E-state index is 12.9. The fraction of sp³-hybridized carbons (Fsp3) is 0.364. The number of ether oxygens (including phenoxy) is 4. The summed E-state index contributed by atoms with van der Waals surface area (Å²) in [5.74, 6) is -1.34. The molecular formula is C22H21F3O6S. The Labute approximate surface area is 186 Å². The number of esters is 1. The van der Waals surface area contributed by atoms with E-state index in [9.17, 15) is 22.8 Å². The van der Waals surface area contributed by atoms with E-state index >= 15 is 0 Å². The molecule has 2 aromatic carbocycles. The van der Waals surface area contributed by atoms with Crippen LogP contribution in [0.3, 0.4) is 0 Å². The van der Waals surface area contributed by atoms with Crippen LogP contribution in [0.1, 0.15) is 23.7 Å². The first-order valence-electron chi connectivity index (χ1n) is 9.48. The van der Waals surface area contributed by atoms with Gasteiger partial charge in [0.25, 0.3) is 0 Å². The molecule has 0 spiro atoms. The fourth-order valence-electron chi connectivity index (χ4n) is 3.75. The molecule has 0 radical (unpaired) electrons. The van der Waals surface area contributed by atoms with Crippen LogP contribution in [0.2, 0.25) is 0 Å². The Hall–Kier alpha value is -2.88. The summed E-state index contributed by atoms with van der Waals surface area (Å²) in [6.07, 6.45) is -4.47. The molecule has 0 fully saturated rings. The summed E-state index contributed by atoms with van der Waals surface area (Å²) in [6, 6.07) is 6.13. The zero-order valence-corrected chi connectivity index (χ0v) is 18.6. The Balaban J connectivity index is 2.35. The van der Waals surface area contributed by atoms with Crippen molar-refractivity contribution in [1.82, 2.24) is 0 Å². The first-order chi connectivity index (χ1) is 15.2. The number of carbonyl (C=O) groups is 1. The van der Waals surface area contributed by atoms with Crippen LogP contribution in [0.5, 0.6) is 17.2 Å². The van der Waals surface area contributed by atoms with Crippen LogP contribution in [0.4, 0.5) is 13.2 Å². The van der Waals surface area contributed by atoms with Gasteiger partial charge in [0.15, 0.2) is 16.9 Å². The van der Waals surface area contributed by atoms with Gasteiger partial charge in [-0.25, -0.2) is 4.79 Å². The summed E-state index contributed by atoms with van der Waals surface area (Å²) < 4.78 is 60.1. The second-order valence-electron chi connectivity index (χ2n) is 6.89. The molecule has 0 amide bonds. The van der Waals surface area contributed by atoms with Crippen molar-refractivity contribution in [2.45, 2.75) is 30.0 Å². The smallest absolute Gasteiger partial charge is 0.490 e. The highest BCUT2D eigenvalue weighted by Gasteiger charge is 2.43. The number of alkyl halides is 3. The predicted octanol–water partition coefficient (Wildman–Crippen LogP) is 4.55. The summed E-state index contributed by atoms with van der Waals surface area (Å²) in [6.45, 7) is 0. The summed E-state index contributed by atoms with van der Waals surface area (Å²) >= 11 is 1.20. The average Bonchev–Trinajstić information content (AvgIpc) is 3.00. The van der Waals surface area contributed by atoms with Gasteiger partial charge < -0.3 is 18.9 Å². The van der Waals surface area contributed by atoms with Crippen LogP contribution in [0.15, 0.2) is 34.0 Å². The van der Waals surface area contributed by atoms with E-state index in [0.717, 1.165) is 0 Å². The summed E-state index contributed by atoms with van der Waals surface area (Å²) in [5, 5.41) is 0. The number of halogens is 3. The van der Waals surface area contributed by atoms with Crippen LogP contribution in [-0.2, 0) is 16.0 Å². The number of fused-ring (bicyclic) bond motifs is 3. The number of hydrogen-bond acceptors (Lipinski definition) is 7. The first-order valence-corrected chi connectivity index (χ1v) is 10.7. The molecule has 32 heavy (non-hydrogen) atoms. The zero-order chi connectivity index (χ0) is 23.6. The number of aryl methyl sites for hydroxylation is 1. The van der Waals surface area contributed by atoms with Crippen LogP contribution in [0.25, 0.3) is 11.1 Å². The number of thioether (sulfide) groups is 1. The van der Waals surface area contributed by atoms with Crippen molar-refractivity contribution in [2.75, 3.05) is 27.6 Å². The molecule has 0 aliphatic heterocycles. The van der Waals surface area contributed by atoms with Gasteiger partial charge in [0.1, 0.15) is 6.10 Å². The van der Waals surface area contributed by atoms with Crippen molar-refractivity contribution in [3.63, 3.8) is 0 Å². The molecule has 0 aromatic heterocycles. The van der Waals surface area contributed by atoms with E-state index in [1.807, 2.05) is 0 Å². The SMILES string of the molecule is COc1cc2c(c(OC)c1OC)-c1ccc(SC)c(=O)cc1C(OC(=O)C(F)(F)F)CC2. The van der Waals surface area contributed by atoms with E-state index in [2.05, 4.69) is 0 Å². The molecule has 6 nitrogen and oxygen atoms in total. The molecule has 172 valence electrons. The largest absolute Gasteiger partial charge is 0.493 e. The molecule has 0 heterocycles. The van der Waals surface area contributed by atoms with Gasteiger partial charge in [0, 0.05) is 11.1 Å². The van der Waals surface area contributed by atoms with E-state index in [1.54, 1.807) is 24.5 Å². The normalized spacial score (nSPS) is 15.2. The third-order valence-electron chi connectivity index (χ3n) is 5.15. The van der Waals surface area contributed by atoms with Crippen molar-refractivity contribution in [3.05, 3.63) is 45.6 Å². The van der Waals surface area contributed by atoms with Crippen molar-refractivity contribution < 1.29 is 36.9 Å². The maximum Gasteiger partial charge on any atom is 0.490 e. The van der Waals surface area contributed by atoms with Crippen LogP contribution in [0, 0.1) is 0 Å². The third-order valence-corrected chi connectivity index (χ3v) is 5.92. The Morgan fingerprint density at radius 1 is 1.06 bits per heavy atom. The number of hydrogen-bond donors (Lipinski definition) is 0. The van der Waals surface area contributed by atoms with E-state index in [-0.39, 0.29) is 18.4 Å². The predicted molar refractivity (Wildman–Crippen MR) is 113 cm³/mol. The van der Waals surface area contributed by atoms with Gasteiger partial charge >= 0.3 is 12.1 Å². The highest BCUT2D eigenvalue weighted by atomic mass is 32.2. The molecule has 10 heteroatoms. The zero-order valence-electron chi connectivity index (χ0n) is 17.8. The second kappa shape index (κ2) is 9.32. The lowest BCUT2D eigenvalue weighted by molar-refractivity contribution is -0.205. The van der Waals surface area contributed by atoms with E-state index < -0.39 is 23.7 Å². The van der Waals surface area contributed by atoms with Gasteiger partial charge in [-0.05, 0) is 48.4 Å². The minimum atomic E-state index is -5.16. The van der Waals surface area contributed by atoms with Crippen molar-refractivity contribution in [1.29, 1.82) is 0 Å². The lowest BCUT2D eigenvalue weighted by Gasteiger charge is -2.19. The molecule has 1 unspecified atom stereocenters. The highest BCUT2D eigenvalue weighted by Crippen LogP contribution is 2.50. The monoisotopic (exact) mass is 470 g/mol. The van der Waals surface area contributed by atoms with Gasteiger partial charge in [0.2, 0.25) is 5.75 Å². The van der Waals surface area contributed by atoms with Crippen molar-refractivity contribution in [2.24, 2.45) is 0 Å². The average molecular weight is 470 g/mol. The number of rotatable bonds is 5. The molecule has 1 atom stereocenters. The Kier molecular flexibility index (Phi) is 6.92. The summed E-state index contributed by atoms with van der Waals surface area (Å²) in [5.41, 5.74) is 1.41. The number of benzene rings is 1. The van der Waals surface area contributed by atoms with Gasteiger partial charge in [-0.3, -0.25) is 4.79 Å². The molecule has 0 N–H and O–H groups in total. The quantitative estimate of drug-likeness (QED) is 0.469. The molecule has 0 bridgehead atoms. The Bertz CT molecular complexity index is 1100. The van der Waals surface area contributed by atoms with Gasteiger partial charge in [-0.1, -0.05) is 6.07 Å². The minimum absolute atomic E-state index is 0.0263. The Morgan fingerprint density at radius 3 is 2.31 bits per heavy atom. The van der Waals surface area contributed by atoms with Crippen molar-refractivity contribution >= 4 is 17.7 Å². The molecule has 1 aliphatic rings. The fourth-order valence-corrected chi connectivity index (χ4v) is 4.21. The van der Waals surface area contributed by atoms with Crippen LogP contribution in [-0.4, -0.2) is 39.7 Å². The van der Waals surface area contributed by atoms with E-state index in [1.165, 1.54) is 39.2 Å². The maximum absolute atomic E-state index is 12.9. The van der Waals surface area contributed by atoms with E-state index in [0.29, 0.717) is 38.8 Å². The lowest BCUT2D eigenvalue weighted by atomic mass is 9.96. The third kappa shape index (κ3) is 4.36. The Morgan fingerprint density at radius 2 is 1.75 bits per heavy atom. The standard InChI is InChI=1S/C22H21F3O6S/c1-28-16-9-11-5-7-15(31-21(27)22(23,24)25)13-10-14(26)17(32-4)8-6-12(13)18(11)20(30-3)19(16)29-2/h6,8-10,15H,5,7H2,1-4H3. The van der Waals surface area contributed by atoms with Crippen LogP contribution >= 0.6 is 11.8 Å². The minimum Gasteiger partial charge on any atom is -0.493 e. The first kappa shape index (κ1) is 23.8. The summed E-state index contributed by atoms with van der Waals surface area (Å²) in [4.78, 5) is 24.7.